The first-order valence-corrected chi connectivity index (χ1v) is 7.87. The molecule has 1 aliphatic carbocycles. The normalized spacial score (nSPS) is 18.7. The lowest BCUT2D eigenvalue weighted by Crippen LogP contribution is -2.19. The summed E-state index contributed by atoms with van der Waals surface area (Å²) in [5, 5.41) is 3.65. The fourth-order valence-electron chi connectivity index (χ4n) is 2.80. The minimum atomic E-state index is 0.525. The van der Waals surface area contributed by atoms with Crippen LogP contribution in [0.2, 0.25) is 0 Å². The van der Waals surface area contributed by atoms with Crippen LogP contribution < -0.4 is 5.32 Å². The second-order valence-electron chi connectivity index (χ2n) is 5.42. The molecule has 96 valence electrons. The Morgan fingerprint density at radius 1 is 1.35 bits per heavy atom. The molecule has 1 atom stereocenters. The monoisotopic (exact) mass is 251 g/mol. The van der Waals surface area contributed by atoms with Gasteiger partial charge in [0.15, 0.2) is 0 Å². The minimum Gasteiger partial charge on any atom is -0.309 e. The highest BCUT2D eigenvalue weighted by molar-refractivity contribution is 7.12. The third-order valence-corrected chi connectivity index (χ3v) is 5.09. The molecular weight excluding hydrogens is 226 g/mol. The van der Waals surface area contributed by atoms with Crippen LogP contribution in [0.1, 0.15) is 61.2 Å². The van der Waals surface area contributed by atoms with E-state index in [1.54, 1.807) is 0 Å². The zero-order valence-corrected chi connectivity index (χ0v) is 12.0. The molecule has 1 aromatic rings. The van der Waals surface area contributed by atoms with Crippen molar-refractivity contribution in [3.8, 4) is 0 Å². The number of nitrogens with one attached hydrogen (secondary N) is 1. The van der Waals surface area contributed by atoms with Crippen molar-refractivity contribution in [2.45, 2.75) is 58.4 Å². The van der Waals surface area contributed by atoms with Crippen LogP contribution >= 0.6 is 11.3 Å². The molecule has 1 aromatic heterocycles. The number of rotatable bonds is 6. The van der Waals surface area contributed by atoms with Crippen molar-refractivity contribution in [3.63, 3.8) is 0 Å². The molecule has 17 heavy (non-hydrogen) atoms. The molecule has 2 rings (SSSR count). The van der Waals surface area contributed by atoms with Gasteiger partial charge in [0.05, 0.1) is 0 Å². The molecule has 1 fully saturated rings. The van der Waals surface area contributed by atoms with Crippen molar-refractivity contribution in [3.05, 3.63) is 21.9 Å². The lowest BCUT2D eigenvalue weighted by molar-refractivity contribution is 0.457. The highest BCUT2D eigenvalue weighted by Gasteiger charge is 2.14. The van der Waals surface area contributed by atoms with Crippen molar-refractivity contribution in [1.82, 2.24) is 5.32 Å². The SMILES string of the molecule is Cc1ccc(C(C)NCCCC2CCCC2)s1. The average Bonchev–Trinajstić information content (AvgIpc) is 2.95. The van der Waals surface area contributed by atoms with Gasteiger partial charge in [-0.05, 0) is 51.3 Å². The highest BCUT2D eigenvalue weighted by Crippen LogP contribution is 2.28. The van der Waals surface area contributed by atoms with Crippen molar-refractivity contribution in [2.24, 2.45) is 5.92 Å². The molecule has 1 saturated carbocycles. The summed E-state index contributed by atoms with van der Waals surface area (Å²) in [6.07, 6.45) is 8.70. The maximum atomic E-state index is 3.65. The summed E-state index contributed by atoms with van der Waals surface area (Å²) in [7, 11) is 0. The predicted octanol–water partition coefficient (Wildman–Crippen LogP) is 4.68. The van der Waals surface area contributed by atoms with E-state index in [0.717, 1.165) is 5.92 Å². The summed E-state index contributed by atoms with van der Waals surface area (Å²) >= 11 is 1.92. The van der Waals surface area contributed by atoms with Gasteiger partial charge in [0, 0.05) is 15.8 Å². The molecule has 1 unspecified atom stereocenters. The molecule has 2 heteroatoms. The van der Waals surface area contributed by atoms with Gasteiger partial charge in [-0.1, -0.05) is 25.7 Å². The van der Waals surface area contributed by atoms with Gasteiger partial charge in [0.1, 0.15) is 0 Å². The van der Waals surface area contributed by atoms with Gasteiger partial charge in [-0.15, -0.1) is 11.3 Å². The molecule has 0 saturated heterocycles. The second kappa shape index (κ2) is 6.55. The van der Waals surface area contributed by atoms with Gasteiger partial charge in [-0.25, -0.2) is 0 Å². The molecule has 1 N–H and O–H groups in total. The molecular formula is C15H25NS. The van der Waals surface area contributed by atoms with E-state index in [-0.39, 0.29) is 0 Å². The van der Waals surface area contributed by atoms with Crippen LogP contribution in [0.15, 0.2) is 12.1 Å². The topological polar surface area (TPSA) is 12.0 Å². The first kappa shape index (κ1) is 13.1. The van der Waals surface area contributed by atoms with Crippen molar-refractivity contribution in [2.75, 3.05) is 6.54 Å². The first-order valence-electron chi connectivity index (χ1n) is 7.05. The van der Waals surface area contributed by atoms with E-state index in [9.17, 15) is 0 Å². The molecule has 1 nitrogen and oxygen atoms in total. The Morgan fingerprint density at radius 2 is 2.12 bits per heavy atom. The van der Waals surface area contributed by atoms with Crippen LogP contribution in [-0.2, 0) is 0 Å². The Labute approximate surface area is 110 Å². The number of hydrogen-bond donors (Lipinski definition) is 1. The molecule has 0 aromatic carbocycles. The number of hydrogen-bond acceptors (Lipinski definition) is 2. The van der Waals surface area contributed by atoms with E-state index in [1.807, 2.05) is 11.3 Å². The summed E-state index contributed by atoms with van der Waals surface area (Å²) in [5.41, 5.74) is 0. The van der Waals surface area contributed by atoms with Gasteiger partial charge in [-0.2, -0.15) is 0 Å². The minimum absolute atomic E-state index is 0.525. The van der Waals surface area contributed by atoms with Crippen LogP contribution in [0.5, 0.6) is 0 Å². The molecule has 1 aliphatic rings. The van der Waals surface area contributed by atoms with Crippen LogP contribution in [0.4, 0.5) is 0 Å². The average molecular weight is 251 g/mol. The van der Waals surface area contributed by atoms with Gasteiger partial charge >= 0.3 is 0 Å². The quantitative estimate of drug-likeness (QED) is 0.724. The summed E-state index contributed by atoms with van der Waals surface area (Å²) < 4.78 is 0. The van der Waals surface area contributed by atoms with Crippen LogP contribution in [0, 0.1) is 12.8 Å². The van der Waals surface area contributed by atoms with Gasteiger partial charge < -0.3 is 5.32 Å². The molecule has 0 bridgehead atoms. The van der Waals surface area contributed by atoms with Crippen LogP contribution in [0.3, 0.4) is 0 Å². The number of aryl methyl sites for hydroxylation is 1. The standard InChI is InChI=1S/C15H25NS/c1-12-9-10-15(17-12)13(2)16-11-5-8-14-6-3-4-7-14/h9-10,13-14,16H,3-8,11H2,1-2H3. The summed E-state index contributed by atoms with van der Waals surface area (Å²) in [4.78, 5) is 2.89. The summed E-state index contributed by atoms with van der Waals surface area (Å²) in [6.45, 7) is 5.64. The maximum Gasteiger partial charge on any atom is 0.0386 e. The van der Waals surface area contributed by atoms with E-state index in [2.05, 4.69) is 31.3 Å². The Hall–Kier alpha value is -0.340. The largest absolute Gasteiger partial charge is 0.309 e. The maximum absolute atomic E-state index is 3.65. The van der Waals surface area contributed by atoms with E-state index in [4.69, 9.17) is 0 Å². The molecule has 0 radical (unpaired) electrons. The molecule has 0 amide bonds. The van der Waals surface area contributed by atoms with Gasteiger partial charge in [-0.3, -0.25) is 0 Å². The smallest absolute Gasteiger partial charge is 0.0386 e. The summed E-state index contributed by atoms with van der Waals surface area (Å²) in [5.74, 6) is 1.04. The lowest BCUT2D eigenvalue weighted by Gasteiger charge is -2.13. The molecule has 0 spiro atoms. The second-order valence-corrected chi connectivity index (χ2v) is 6.74. The molecule has 0 aliphatic heterocycles. The zero-order chi connectivity index (χ0) is 12.1. The predicted molar refractivity (Wildman–Crippen MR) is 76.7 cm³/mol. The highest BCUT2D eigenvalue weighted by atomic mass is 32.1. The fraction of sp³-hybridized carbons (Fsp3) is 0.733. The third-order valence-electron chi connectivity index (χ3n) is 3.90. The Kier molecular flexibility index (Phi) is 5.05. The van der Waals surface area contributed by atoms with Gasteiger partial charge in [0.25, 0.3) is 0 Å². The Morgan fingerprint density at radius 3 is 2.76 bits per heavy atom. The van der Waals surface area contributed by atoms with Crippen LogP contribution in [-0.4, -0.2) is 6.54 Å². The third kappa shape index (κ3) is 4.11. The Bertz CT molecular complexity index is 325. The van der Waals surface area contributed by atoms with E-state index >= 15 is 0 Å². The van der Waals surface area contributed by atoms with E-state index < -0.39 is 0 Å². The zero-order valence-electron chi connectivity index (χ0n) is 11.2. The van der Waals surface area contributed by atoms with Crippen molar-refractivity contribution < 1.29 is 0 Å². The van der Waals surface area contributed by atoms with E-state index in [0.29, 0.717) is 6.04 Å². The van der Waals surface area contributed by atoms with E-state index in [1.165, 1.54) is 54.8 Å². The number of thiophene rings is 1. The lowest BCUT2D eigenvalue weighted by atomic mass is 10.0. The fourth-order valence-corrected chi connectivity index (χ4v) is 3.70. The van der Waals surface area contributed by atoms with Crippen molar-refractivity contribution in [1.29, 1.82) is 0 Å². The first-order chi connectivity index (χ1) is 8.25. The molecule has 1 heterocycles. The van der Waals surface area contributed by atoms with Crippen molar-refractivity contribution >= 4 is 11.3 Å². The Balaban J connectivity index is 1.61. The summed E-state index contributed by atoms with van der Waals surface area (Å²) in [6, 6.07) is 5.00. The van der Waals surface area contributed by atoms with Gasteiger partial charge in [0.2, 0.25) is 0 Å². The van der Waals surface area contributed by atoms with Crippen LogP contribution in [0.25, 0.3) is 0 Å².